The van der Waals surface area contributed by atoms with Crippen LogP contribution in [0.3, 0.4) is 0 Å². The Morgan fingerprint density at radius 1 is 1.24 bits per heavy atom. The fourth-order valence-corrected chi connectivity index (χ4v) is 1.51. The van der Waals surface area contributed by atoms with E-state index in [2.05, 4.69) is 15.2 Å². The number of carbonyl (C=O) groups is 2. The highest BCUT2D eigenvalue weighted by Crippen LogP contribution is 2.43. The first kappa shape index (κ1) is 16.1. The molecule has 0 aromatic carbocycles. The quantitative estimate of drug-likeness (QED) is 0.531. The first-order chi connectivity index (χ1) is 7.76. The molecule has 17 heavy (non-hydrogen) atoms. The zero-order valence-electron chi connectivity index (χ0n) is 9.93. The predicted molar refractivity (Wildman–Crippen MR) is 59.1 cm³/mol. The summed E-state index contributed by atoms with van der Waals surface area (Å²) in [7, 11) is -3.13. The molecule has 0 bridgehead atoms. The normalized spacial score (nSPS) is 14.2. The van der Waals surface area contributed by atoms with E-state index in [0.717, 1.165) is 7.11 Å². The van der Waals surface area contributed by atoms with E-state index in [1.165, 1.54) is 13.8 Å². The van der Waals surface area contributed by atoms with Gasteiger partial charge in [0.25, 0.3) is 0 Å². The molecule has 0 saturated heterocycles. The SMILES string of the molecule is COP(=O)(O)OC(CNC(C)=O)CNC(C)=O. The number of rotatable bonds is 7. The summed E-state index contributed by atoms with van der Waals surface area (Å²) in [5.74, 6) is -0.627. The summed E-state index contributed by atoms with van der Waals surface area (Å²) in [6, 6.07) is 0. The van der Waals surface area contributed by atoms with Gasteiger partial charge in [-0.05, 0) is 0 Å². The molecule has 100 valence electrons. The van der Waals surface area contributed by atoms with Crippen LogP contribution in [-0.4, -0.2) is 43.0 Å². The Labute approximate surface area is 99.3 Å². The number of phosphoric acid groups is 1. The zero-order chi connectivity index (χ0) is 13.5. The van der Waals surface area contributed by atoms with Crippen molar-refractivity contribution in [3.8, 4) is 0 Å². The molecule has 0 saturated carbocycles. The van der Waals surface area contributed by atoms with Crippen LogP contribution >= 0.6 is 7.82 Å². The van der Waals surface area contributed by atoms with Gasteiger partial charge in [-0.2, -0.15) is 0 Å². The smallest absolute Gasteiger partial charge is 0.354 e. The molecule has 0 fully saturated rings. The van der Waals surface area contributed by atoms with Crippen molar-refractivity contribution in [3.05, 3.63) is 0 Å². The maximum atomic E-state index is 11.2. The van der Waals surface area contributed by atoms with Gasteiger partial charge >= 0.3 is 7.82 Å². The summed E-state index contributed by atoms with van der Waals surface area (Å²) in [5.41, 5.74) is 0. The minimum Gasteiger partial charge on any atom is -0.354 e. The lowest BCUT2D eigenvalue weighted by Gasteiger charge is -2.20. The van der Waals surface area contributed by atoms with Crippen molar-refractivity contribution in [1.29, 1.82) is 0 Å². The van der Waals surface area contributed by atoms with Crippen molar-refractivity contribution >= 4 is 19.6 Å². The van der Waals surface area contributed by atoms with Gasteiger partial charge < -0.3 is 15.5 Å². The number of hydrogen-bond donors (Lipinski definition) is 3. The molecule has 1 atom stereocenters. The molecule has 0 rings (SSSR count). The average Bonchev–Trinajstić information content (AvgIpc) is 2.21. The van der Waals surface area contributed by atoms with Crippen molar-refractivity contribution < 1.29 is 28.1 Å². The molecule has 0 aliphatic heterocycles. The lowest BCUT2D eigenvalue weighted by molar-refractivity contribution is -0.119. The molecule has 8 nitrogen and oxygen atoms in total. The van der Waals surface area contributed by atoms with E-state index in [4.69, 9.17) is 9.42 Å². The summed E-state index contributed by atoms with van der Waals surface area (Å²) in [6.45, 7) is 2.57. The van der Waals surface area contributed by atoms with Crippen molar-refractivity contribution in [3.63, 3.8) is 0 Å². The monoisotopic (exact) mass is 268 g/mol. The van der Waals surface area contributed by atoms with Crippen LogP contribution in [0.4, 0.5) is 0 Å². The highest BCUT2D eigenvalue weighted by molar-refractivity contribution is 7.47. The van der Waals surface area contributed by atoms with E-state index in [0.29, 0.717) is 0 Å². The van der Waals surface area contributed by atoms with Gasteiger partial charge in [-0.1, -0.05) is 0 Å². The topological polar surface area (TPSA) is 114 Å². The lowest BCUT2D eigenvalue weighted by atomic mass is 10.3. The molecule has 0 aromatic heterocycles. The van der Waals surface area contributed by atoms with Gasteiger partial charge in [0.2, 0.25) is 11.8 Å². The molecular formula is C8H17N2O6P. The molecule has 0 heterocycles. The fourth-order valence-electron chi connectivity index (χ4n) is 0.893. The Hall–Kier alpha value is -0.950. The molecule has 0 aliphatic rings. The van der Waals surface area contributed by atoms with E-state index in [9.17, 15) is 14.2 Å². The molecule has 0 radical (unpaired) electrons. The van der Waals surface area contributed by atoms with Gasteiger partial charge in [-0.3, -0.25) is 18.6 Å². The van der Waals surface area contributed by atoms with E-state index >= 15 is 0 Å². The number of nitrogens with one attached hydrogen (secondary N) is 2. The number of hydrogen-bond acceptors (Lipinski definition) is 5. The maximum absolute atomic E-state index is 11.2. The summed E-state index contributed by atoms with van der Waals surface area (Å²) in [6.07, 6.45) is -0.849. The van der Waals surface area contributed by atoms with Gasteiger partial charge in [0.15, 0.2) is 0 Å². The van der Waals surface area contributed by atoms with E-state index in [-0.39, 0.29) is 24.9 Å². The Kier molecular flexibility index (Phi) is 6.98. The van der Waals surface area contributed by atoms with Crippen LogP contribution in [-0.2, 0) is 23.2 Å². The molecule has 0 aromatic rings. The molecule has 1 unspecified atom stereocenters. The highest BCUT2D eigenvalue weighted by atomic mass is 31.2. The van der Waals surface area contributed by atoms with E-state index < -0.39 is 13.9 Å². The van der Waals surface area contributed by atoms with Crippen LogP contribution in [0.5, 0.6) is 0 Å². The summed E-state index contributed by atoms with van der Waals surface area (Å²) < 4.78 is 20.2. The van der Waals surface area contributed by atoms with Crippen molar-refractivity contribution in [2.75, 3.05) is 20.2 Å². The minimum atomic E-state index is -4.15. The third kappa shape index (κ3) is 8.82. The van der Waals surface area contributed by atoms with E-state index in [1.54, 1.807) is 0 Å². The lowest BCUT2D eigenvalue weighted by Crippen LogP contribution is -2.40. The first-order valence-corrected chi connectivity index (χ1v) is 6.32. The largest absolute Gasteiger partial charge is 0.472 e. The summed E-state index contributed by atoms with van der Waals surface area (Å²) >= 11 is 0. The van der Waals surface area contributed by atoms with Crippen molar-refractivity contribution in [1.82, 2.24) is 10.6 Å². The number of amides is 2. The second-order valence-corrected chi connectivity index (χ2v) is 4.77. The van der Waals surface area contributed by atoms with Crippen LogP contribution in [0.15, 0.2) is 0 Å². The second-order valence-electron chi connectivity index (χ2n) is 3.25. The molecule has 3 N–H and O–H groups in total. The standard InChI is InChI=1S/C8H17N2O6P/c1-6(11)9-4-8(5-10-7(2)12)16-17(13,14)15-3/h8H,4-5H2,1-3H3,(H,9,11)(H,10,12)(H,13,14). The van der Waals surface area contributed by atoms with Crippen molar-refractivity contribution in [2.45, 2.75) is 20.0 Å². The second kappa shape index (κ2) is 7.39. The van der Waals surface area contributed by atoms with Gasteiger partial charge in [0, 0.05) is 34.0 Å². The maximum Gasteiger partial charge on any atom is 0.472 e. The first-order valence-electron chi connectivity index (χ1n) is 4.82. The molecule has 0 aliphatic carbocycles. The molecule has 2 amide bonds. The minimum absolute atomic E-state index is 0.0104. The van der Waals surface area contributed by atoms with Crippen molar-refractivity contribution in [2.24, 2.45) is 0 Å². The third-order valence-electron chi connectivity index (χ3n) is 1.67. The average molecular weight is 268 g/mol. The zero-order valence-corrected chi connectivity index (χ0v) is 10.8. The van der Waals surface area contributed by atoms with Gasteiger partial charge in [0.1, 0.15) is 6.10 Å². The Bertz CT molecular complexity index is 303. The number of carbonyl (C=O) groups excluding carboxylic acids is 2. The highest BCUT2D eigenvalue weighted by Gasteiger charge is 2.25. The molecule has 9 heteroatoms. The van der Waals surface area contributed by atoms with E-state index in [1.807, 2.05) is 0 Å². The Morgan fingerprint density at radius 2 is 1.65 bits per heavy atom. The van der Waals surface area contributed by atoms with Crippen LogP contribution in [0, 0.1) is 0 Å². The van der Waals surface area contributed by atoms with Crippen LogP contribution in [0.2, 0.25) is 0 Å². The van der Waals surface area contributed by atoms with Gasteiger partial charge in [-0.25, -0.2) is 4.57 Å². The Morgan fingerprint density at radius 3 is 1.94 bits per heavy atom. The molecular weight excluding hydrogens is 251 g/mol. The van der Waals surface area contributed by atoms with Crippen LogP contribution in [0.25, 0.3) is 0 Å². The van der Waals surface area contributed by atoms with Crippen LogP contribution in [0.1, 0.15) is 13.8 Å². The van der Waals surface area contributed by atoms with Gasteiger partial charge in [0.05, 0.1) is 0 Å². The summed E-state index contributed by atoms with van der Waals surface area (Å²) in [4.78, 5) is 30.5. The Balaban J connectivity index is 4.33. The predicted octanol–water partition coefficient (Wildman–Crippen LogP) is -0.609. The number of phosphoric ester groups is 1. The van der Waals surface area contributed by atoms with Gasteiger partial charge in [-0.15, -0.1) is 0 Å². The fraction of sp³-hybridized carbons (Fsp3) is 0.750. The summed E-state index contributed by atoms with van der Waals surface area (Å²) in [5, 5.41) is 4.83. The van der Waals surface area contributed by atoms with Crippen LogP contribution < -0.4 is 10.6 Å². The molecule has 0 spiro atoms. The third-order valence-corrected chi connectivity index (χ3v) is 2.70.